The molecule has 2 rings (SSSR count). The molecule has 166 valence electrons. The maximum Gasteiger partial charge on any atom is 0.356 e. The smallest absolute Gasteiger partial charge is 0.334 e. The second-order valence-electron chi connectivity index (χ2n) is 6.85. The number of nitro benzene ring substituents is 2. The minimum Gasteiger partial charge on any atom is -0.334 e. The Morgan fingerprint density at radius 1 is 0.935 bits per heavy atom. The number of aryl methyl sites for hydroxylation is 3. The minimum atomic E-state index is -3.92. The number of nitrogens with one attached hydrogen (secondary N) is 1. The Hall–Kier alpha value is -3.14. The van der Waals surface area contributed by atoms with Crippen molar-refractivity contribution in [3.8, 4) is 0 Å². The van der Waals surface area contributed by atoms with Gasteiger partial charge in [-0.3, -0.25) is 29.6 Å². The molecule has 2 aromatic rings. The van der Waals surface area contributed by atoms with E-state index in [9.17, 15) is 29.6 Å². The molecule has 0 saturated carbocycles. The summed E-state index contributed by atoms with van der Waals surface area (Å²) in [6, 6.07) is 6.21. The lowest BCUT2D eigenvalue weighted by Crippen LogP contribution is -2.30. The number of benzene rings is 2. The molecule has 0 spiro atoms. The fourth-order valence-electron chi connectivity index (χ4n) is 3.36. The van der Waals surface area contributed by atoms with Gasteiger partial charge in [0.05, 0.1) is 21.5 Å². The van der Waals surface area contributed by atoms with E-state index in [1.165, 1.54) is 14.2 Å². The second-order valence-corrected chi connectivity index (χ2v) is 9.17. The zero-order valence-corrected chi connectivity index (χ0v) is 18.5. The van der Waals surface area contributed by atoms with Gasteiger partial charge in [-0.25, -0.2) is 0 Å². The van der Waals surface area contributed by atoms with Crippen LogP contribution in [0.25, 0.3) is 0 Å². The SMILES string of the molecule is COP(=O)(OC)[C@H](NC(=O)c1cc([N+](=O)[O-])cc([N+](=O)[O-])c1)c1c(C)cc(C)cc1C. The Kier molecular flexibility index (Phi) is 7.27. The first-order valence-corrected chi connectivity index (χ1v) is 10.6. The molecule has 2 aromatic carbocycles. The highest BCUT2D eigenvalue weighted by atomic mass is 31.2. The summed E-state index contributed by atoms with van der Waals surface area (Å²) in [5.74, 6) is -2.17. The maximum absolute atomic E-state index is 13.3. The summed E-state index contributed by atoms with van der Waals surface area (Å²) < 4.78 is 23.5. The van der Waals surface area contributed by atoms with Crippen LogP contribution < -0.4 is 5.32 Å². The average Bonchev–Trinajstić information content (AvgIpc) is 2.71. The third-order valence-electron chi connectivity index (χ3n) is 4.69. The first-order chi connectivity index (χ1) is 14.4. The molecule has 0 aliphatic carbocycles. The van der Waals surface area contributed by atoms with Gasteiger partial charge in [-0.2, -0.15) is 0 Å². The van der Waals surface area contributed by atoms with E-state index < -0.39 is 40.5 Å². The van der Waals surface area contributed by atoms with Crippen LogP contribution in [0.2, 0.25) is 0 Å². The van der Waals surface area contributed by atoms with Gasteiger partial charge in [0.1, 0.15) is 0 Å². The van der Waals surface area contributed by atoms with Crippen LogP contribution in [0.15, 0.2) is 30.3 Å². The molecule has 11 nitrogen and oxygen atoms in total. The molecule has 0 heterocycles. The summed E-state index contributed by atoms with van der Waals surface area (Å²) in [4.78, 5) is 33.5. The van der Waals surface area contributed by atoms with Crippen LogP contribution >= 0.6 is 7.60 Å². The van der Waals surface area contributed by atoms with Crippen molar-refractivity contribution in [2.75, 3.05) is 14.2 Å². The molecule has 1 amide bonds. The summed E-state index contributed by atoms with van der Waals surface area (Å²) in [7, 11) is -1.58. The van der Waals surface area contributed by atoms with Crippen molar-refractivity contribution >= 4 is 24.9 Å². The van der Waals surface area contributed by atoms with Crippen LogP contribution in [-0.4, -0.2) is 30.0 Å². The fourth-order valence-corrected chi connectivity index (χ4v) is 4.93. The summed E-state index contributed by atoms with van der Waals surface area (Å²) >= 11 is 0. The number of hydrogen-bond acceptors (Lipinski definition) is 8. The summed E-state index contributed by atoms with van der Waals surface area (Å²) in [6.45, 7) is 5.41. The van der Waals surface area contributed by atoms with Crippen molar-refractivity contribution in [1.29, 1.82) is 0 Å². The first kappa shape index (κ1) is 24.1. The molecule has 0 aliphatic heterocycles. The molecule has 1 atom stereocenters. The normalized spacial score (nSPS) is 12.3. The lowest BCUT2D eigenvalue weighted by atomic mass is 9.99. The molecular weight excluding hydrogens is 429 g/mol. The van der Waals surface area contributed by atoms with Gasteiger partial charge in [0, 0.05) is 26.4 Å². The van der Waals surface area contributed by atoms with Crippen molar-refractivity contribution in [3.63, 3.8) is 0 Å². The molecule has 0 aromatic heterocycles. The van der Waals surface area contributed by atoms with E-state index in [4.69, 9.17) is 9.05 Å². The zero-order valence-electron chi connectivity index (χ0n) is 17.6. The summed E-state index contributed by atoms with van der Waals surface area (Å²) in [6.07, 6.45) is 0. The van der Waals surface area contributed by atoms with E-state index in [0.717, 1.165) is 23.8 Å². The van der Waals surface area contributed by atoms with Crippen LogP contribution in [-0.2, 0) is 13.6 Å². The number of nitrogens with zero attached hydrogens (tertiary/aromatic N) is 2. The Balaban J connectivity index is 2.62. The molecule has 0 bridgehead atoms. The second kappa shape index (κ2) is 9.34. The van der Waals surface area contributed by atoms with Crippen molar-refractivity contribution in [3.05, 3.63) is 78.4 Å². The third-order valence-corrected chi connectivity index (χ3v) is 6.73. The molecule has 0 radical (unpaired) electrons. The van der Waals surface area contributed by atoms with Gasteiger partial charge in [-0.1, -0.05) is 17.7 Å². The highest BCUT2D eigenvalue weighted by Gasteiger charge is 2.39. The first-order valence-electron chi connectivity index (χ1n) is 8.97. The standard InChI is InChI=1S/C19H22N3O8P/c1-11-6-12(2)17(13(3)7-11)19(31(28,29-4)30-5)20-18(23)14-8-15(21(24)25)10-16(9-14)22(26)27/h6-10,19H,1-5H3,(H,20,23)/t19-/m0/s1. The van der Waals surface area contributed by atoms with E-state index >= 15 is 0 Å². The molecule has 0 fully saturated rings. The van der Waals surface area contributed by atoms with E-state index in [0.29, 0.717) is 16.7 Å². The molecular formula is C19H22N3O8P. The Morgan fingerprint density at radius 3 is 1.77 bits per heavy atom. The third kappa shape index (κ3) is 5.13. The predicted octanol–water partition coefficient (Wildman–Crippen LogP) is 4.34. The van der Waals surface area contributed by atoms with Gasteiger partial charge in [0.15, 0.2) is 5.78 Å². The van der Waals surface area contributed by atoms with E-state index in [-0.39, 0.29) is 5.56 Å². The summed E-state index contributed by atoms with van der Waals surface area (Å²) in [5, 5.41) is 24.8. The number of carbonyl (C=O) groups is 1. The van der Waals surface area contributed by atoms with Crippen molar-refractivity contribution in [1.82, 2.24) is 5.32 Å². The predicted molar refractivity (Wildman–Crippen MR) is 112 cm³/mol. The summed E-state index contributed by atoms with van der Waals surface area (Å²) in [5.41, 5.74) is 1.27. The molecule has 1 N–H and O–H groups in total. The number of amides is 1. The van der Waals surface area contributed by atoms with Crippen LogP contribution in [0.5, 0.6) is 0 Å². The van der Waals surface area contributed by atoms with Crippen LogP contribution in [0.4, 0.5) is 11.4 Å². The van der Waals surface area contributed by atoms with Gasteiger partial charge in [-0.05, 0) is 37.5 Å². The van der Waals surface area contributed by atoms with Crippen molar-refractivity contribution < 1.29 is 28.3 Å². The van der Waals surface area contributed by atoms with Gasteiger partial charge >= 0.3 is 7.60 Å². The minimum absolute atomic E-state index is 0.341. The number of hydrogen-bond donors (Lipinski definition) is 1. The fraction of sp³-hybridized carbons (Fsp3) is 0.316. The van der Waals surface area contributed by atoms with E-state index in [1.54, 1.807) is 13.8 Å². The molecule has 0 unspecified atom stereocenters. The van der Waals surface area contributed by atoms with Crippen molar-refractivity contribution in [2.24, 2.45) is 0 Å². The quantitative estimate of drug-likeness (QED) is 0.353. The van der Waals surface area contributed by atoms with Crippen LogP contribution in [0, 0.1) is 41.0 Å². The monoisotopic (exact) mass is 451 g/mol. The van der Waals surface area contributed by atoms with Gasteiger partial charge < -0.3 is 14.4 Å². The number of non-ortho nitro benzene ring substituents is 2. The molecule has 12 heteroatoms. The zero-order chi connectivity index (χ0) is 23.5. The highest BCUT2D eigenvalue weighted by molar-refractivity contribution is 7.54. The lowest BCUT2D eigenvalue weighted by Gasteiger charge is -2.28. The number of nitro groups is 2. The van der Waals surface area contributed by atoms with Crippen LogP contribution in [0.1, 0.15) is 38.4 Å². The van der Waals surface area contributed by atoms with Gasteiger partial charge in [-0.15, -0.1) is 0 Å². The average molecular weight is 451 g/mol. The number of rotatable bonds is 8. The maximum atomic E-state index is 13.3. The van der Waals surface area contributed by atoms with Crippen molar-refractivity contribution in [2.45, 2.75) is 26.6 Å². The number of carbonyl (C=O) groups excluding carboxylic acids is 1. The molecule has 0 saturated heterocycles. The highest BCUT2D eigenvalue weighted by Crippen LogP contribution is 2.59. The van der Waals surface area contributed by atoms with E-state index in [1.807, 2.05) is 19.1 Å². The Morgan fingerprint density at radius 2 is 1.39 bits per heavy atom. The van der Waals surface area contributed by atoms with E-state index in [2.05, 4.69) is 5.32 Å². The molecule has 31 heavy (non-hydrogen) atoms. The topological polar surface area (TPSA) is 151 Å². The van der Waals surface area contributed by atoms with Crippen LogP contribution in [0.3, 0.4) is 0 Å². The van der Waals surface area contributed by atoms with Gasteiger partial charge in [0.25, 0.3) is 17.3 Å². The van der Waals surface area contributed by atoms with Gasteiger partial charge in [0.2, 0.25) is 0 Å². The largest absolute Gasteiger partial charge is 0.356 e. The Labute approximate surface area is 178 Å². The lowest BCUT2D eigenvalue weighted by molar-refractivity contribution is -0.394. The molecule has 0 aliphatic rings. The Bertz CT molecular complexity index is 1040.